The predicted molar refractivity (Wildman–Crippen MR) is 76.3 cm³/mol. The highest BCUT2D eigenvalue weighted by Gasteiger charge is 2.25. The van der Waals surface area contributed by atoms with E-state index >= 15 is 0 Å². The first kappa shape index (κ1) is 13.2. The summed E-state index contributed by atoms with van der Waals surface area (Å²) in [7, 11) is 1.70. The highest BCUT2D eigenvalue weighted by Crippen LogP contribution is 2.45. The Hall–Kier alpha value is -1.76. The lowest BCUT2D eigenvalue weighted by Gasteiger charge is -2.14. The van der Waals surface area contributed by atoms with Gasteiger partial charge in [0, 0.05) is 19.5 Å². The molecule has 1 aliphatic heterocycles. The average Bonchev–Trinajstić information content (AvgIpc) is 2.65. The minimum absolute atomic E-state index is 0.280. The van der Waals surface area contributed by atoms with Crippen LogP contribution in [0.25, 0.3) is 11.1 Å². The molecular formula is C13H13BrFN3O2. The molecule has 3 rings (SSSR count). The van der Waals surface area contributed by atoms with Crippen molar-refractivity contribution < 1.29 is 13.9 Å². The molecule has 0 saturated heterocycles. The van der Waals surface area contributed by atoms with E-state index in [2.05, 4.69) is 21.0 Å². The van der Waals surface area contributed by atoms with Crippen LogP contribution in [0.3, 0.4) is 0 Å². The van der Waals surface area contributed by atoms with Crippen molar-refractivity contribution >= 4 is 21.7 Å². The minimum Gasteiger partial charge on any atom is -0.489 e. The van der Waals surface area contributed by atoms with Gasteiger partial charge in [0.15, 0.2) is 11.5 Å². The summed E-state index contributed by atoms with van der Waals surface area (Å²) >= 11 is 3.20. The number of anilines is 1. The summed E-state index contributed by atoms with van der Waals surface area (Å²) in [4.78, 5) is 0. The van der Waals surface area contributed by atoms with E-state index in [4.69, 9.17) is 15.2 Å². The lowest BCUT2D eigenvalue weighted by Crippen LogP contribution is -2.01. The van der Waals surface area contributed by atoms with E-state index in [0.717, 1.165) is 6.42 Å². The SMILES string of the molecule is Cn1ncc(-c2c(F)c(Br)cc3c2OCCCO3)c1N. The molecule has 1 aromatic carbocycles. The van der Waals surface area contributed by atoms with Crippen LogP contribution < -0.4 is 15.2 Å². The summed E-state index contributed by atoms with van der Waals surface area (Å²) in [5, 5.41) is 4.05. The van der Waals surface area contributed by atoms with Crippen LogP contribution in [-0.4, -0.2) is 23.0 Å². The van der Waals surface area contributed by atoms with Gasteiger partial charge in [0.05, 0.1) is 35.0 Å². The number of benzene rings is 1. The number of hydrogen-bond acceptors (Lipinski definition) is 4. The van der Waals surface area contributed by atoms with Gasteiger partial charge in [-0.15, -0.1) is 0 Å². The Morgan fingerprint density at radius 2 is 2.15 bits per heavy atom. The van der Waals surface area contributed by atoms with Gasteiger partial charge in [0.2, 0.25) is 0 Å². The molecule has 0 bridgehead atoms. The minimum atomic E-state index is -0.436. The van der Waals surface area contributed by atoms with Crippen molar-refractivity contribution in [3.63, 3.8) is 0 Å². The molecular weight excluding hydrogens is 329 g/mol. The molecule has 0 amide bonds. The number of aryl methyl sites for hydroxylation is 1. The monoisotopic (exact) mass is 341 g/mol. The summed E-state index contributed by atoms with van der Waals surface area (Å²) in [6.07, 6.45) is 2.27. The number of nitrogens with two attached hydrogens (primary N) is 1. The van der Waals surface area contributed by atoms with Gasteiger partial charge in [-0.05, 0) is 15.9 Å². The van der Waals surface area contributed by atoms with E-state index in [9.17, 15) is 4.39 Å². The summed E-state index contributed by atoms with van der Waals surface area (Å²) in [6, 6.07) is 1.58. The molecule has 0 atom stereocenters. The maximum Gasteiger partial charge on any atom is 0.172 e. The van der Waals surface area contributed by atoms with Gasteiger partial charge >= 0.3 is 0 Å². The zero-order valence-corrected chi connectivity index (χ0v) is 12.4. The molecule has 106 valence electrons. The summed E-state index contributed by atoms with van der Waals surface area (Å²) in [5.74, 6) is 0.822. The second-order valence-corrected chi connectivity index (χ2v) is 5.35. The van der Waals surface area contributed by atoms with E-state index in [1.54, 1.807) is 13.1 Å². The molecule has 2 aromatic rings. The normalized spacial score (nSPS) is 14.2. The fourth-order valence-corrected chi connectivity index (χ4v) is 2.54. The number of ether oxygens (including phenoxy) is 2. The van der Waals surface area contributed by atoms with Crippen LogP contribution >= 0.6 is 15.9 Å². The van der Waals surface area contributed by atoms with Gasteiger partial charge in [-0.2, -0.15) is 5.10 Å². The first-order valence-electron chi connectivity index (χ1n) is 6.15. The van der Waals surface area contributed by atoms with Gasteiger partial charge in [-0.3, -0.25) is 4.68 Å². The van der Waals surface area contributed by atoms with Crippen molar-refractivity contribution in [3.8, 4) is 22.6 Å². The van der Waals surface area contributed by atoms with Gasteiger partial charge in [0.25, 0.3) is 0 Å². The molecule has 0 spiro atoms. The first-order chi connectivity index (χ1) is 9.59. The summed E-state index contributed by atoms with van der Waals surface area (Å²) in [5.41, 5.74) is 6.72. The predicted octanol–water partition coefficient (Wildman–Crippen LogP) is 2.73. The molecule has 7 heteroatoms. The molecule has 0 unspecified atom stereocenters. The standard InChI is InChI=1S/C13H13BrFN3O2/c1-18-13(16)7(6-17-18)10-11(15)8(14)5-9-12(10)20-4-2-3-19-9/h5-6H,2-4,16H2,1H3. The molecule has 0 radical (unpaired) electrons. The second kappa shape index (κ2) is 4.97. The number of nitrogens with zero attached hydrogens (tertiary/aromatic N) is 2. The number of halogens is 2. The van der Waals surface area contributed by atoms with Crippen molar-refractivity contribution in [1.82, 2.24) is 9.78 Å². The van der Waals surface area contributed by atoms with Gasteiger partial charge in [-0.25, -0.2) is 4.39 Å². The van der Waals surface area contributed by atoms with Crippen LogP contribution in [0.5, 0.6) is 11.5 Å². The Bertz CT molecular complexity index is 672. The smallest absolute Gasteiger partial charge is 0.172 e. The Morgan fingerprint density at radius 3 is 2.85 bits per heavy atom. The fourth-order valence-electron chi connectivity index (χ4n) is 2.13. The van der Waals surface area contributed by atoms with Gasteiger partial charge in [-0.1, -0.05) is 0 Å². The first-order valence-corrected chi connectivity index (χ1v) is 6.94. The summed E-state index contributed by atoms with van der Waals surface area (Å²) < 4.78 is 27.6. The van der Waals surface area contributed by atoms with Crippen molar-refractivity contribution in [2.24, 2.45) is 7.05 Å². The third-order valence-corrected chi connectivity index (χ3v) is 3.76. The number of fused-ring (bicyclic) bond motifs is 1. The molecule has 0 fully saturated rings. The highest BCUT2D eigenvalue weighted by atomic mass is 79.9. The molecule has 2 N–H and O–H groups in total. The third-order valence-electron chi connectivity index (χ3n) is 3.18. The lowest BCUT2D eigenvalue weighted by molar-refractivity contribution is 0.297. The van der Waals surface area contributed by atoms with Crippen LogP contribution in [0.15, 0.2) is 16.7 Å². The van der Waals surface area contributed by atoms with Gasteiger partial charge in [0.1, 0.15) is 11.6 Å². The van der Waals surface area contributed by atoms with Crippen molar-refractivity contribution in [2.45, 2.75) is 6.42 Å². The molecule has 20 heavy (non-hydrogen) atoms. The number of hydrogen-bond donors (Lipinski definition) is 1. The van der Waals surface area contributed by atoms with Crippen LogP contribution in [0, 0.1) is 5.82 Å². The van der Waals surface area contributed by atoms with E-state index < -0.39 is 5.82 Å². The fraction of sp³-hybridized carbons (Fsp3) is 0.308. The largest absolute Gasteiger partial charge is 0.489 e. The zero-order chi connectivity index (χ0) is 14.3. The van der Waals surface area contributed by atoms with Crippen molar-refractivity contribution in [3.05, 3.63) is 22.6 Å². The Morgan fingerprint density at radius 1 is 1.40 bits per heavy atom. The zero-order valence-electron chi connectivity index (χ0n) is 10.8. The van der Waals surface area contributed by atoms with E-state index in [1.165, 1.54) is 10.9 Å². The molecule has 1 aliphatic rings. The molecule has 5 nitrogen and oxygen atoms in total. The average molecular weight is 342 g/mol. The lowest BCUT2D eigenvalue weighted by atomic mass is 10.1. The van der Waals surface area contributed by atoms with Crippen LogP contribution in [-0.2, 0) is 7.05 Å². The number of nitrogen functional groups attached to an aromatic ring is 1. The van der Waals surface area contributed by atoms with Crippen LogP contribution in [0.4, 0.5) is 10.2 Å². The maximum atomic E-state index is 14.5. The third kappa shape index (κ3) is 2.02. The Labute approximate surface area is 123 Å². The van der Waals surface area contributed by atoms with Crippen LogP contribution in [0.1, 0.15) is 6.42 Å². The Kier molecular flexibility index (Phi) is 3.29. The van der Waals surface area contributed by atoms with E-state index in [-0.39, 0.29) is 5.56 Å². The molecule has 1 aromatic heterocycles. The van der Waals surface area contributed by atoms with E-state index in [1.807, 2.05) is 0 Å². The number of aromatic nitrogens is 2. The molecule has 0 aliphatic carbocycles. The van der Waals surface area contributed by atoms with Crippen LogP contribution in [0.2, 0.25) is 0 Å². The maximum absolute atomic E-state index is 14.5. The number of rotatable bonds is 1. The quantitative estimate of drug-likeness (QED) is 0.866. The molecule has 2 heterocycles. The van der Waals surface area contributed by atoms with Crippen molar-refractivity contribution in [1.29, 1.82) is 0 Å². The highest BCUT2D eigenvalue weighted by molar-refractivity contribution is 9.10. The Balaban J connectivity index is 2.28. The van der Waals surface area contributed by atoms with Gasteiger partial charge < -0.3 is 15.2 Å². The van der Waals surface area contributed by atoms with E-state index in [0.29, 0.717) is 40.6 Å². The molecule has 0 saturated carbocycles. The van der Waals surface area contributed by atoms with Crippen molar-refractivity contribution in [2.75, 3.05) is 18.9 Å². The summed E-state index contributed by atoms with van der Waals surface area (Å²) in [6.45, 7) is 1.01. The topological polar surface area (TPSA) is 62.3 Å². The second-order valence-electron chi connectivity index (χ2n) is 4.49.